The molecule has 1 fully saturated rings. The maximum Gasteiger partial charge on any atom is 0.314 e. The van der Waals surface area contributed by atoms with E-state index in [1.54, 1.807) is 12.4 Å². The molecule has 0 N–H and O–H groups in total. The molecule has 2 aromatic heterocycles. The highest BCUT2D eigenvalue weighted by atomic mass is 16.5. The molecule has 0 amide bonds. The van der Waals surface area contributed by atoms with E-state index < -0.39 is 0 Å². The third-order valence-electron chi connectivity index (χ3n) is 5.48. The molecule has 30 heavy (non-hydrogen) atoms. The summed E-state index contributed by atoms with van der Waals surface area (Å²) in [5.74, 6) is 0.226. The van der Waals surface area contributed by atoms with Gasteiger partial charge in [0.05, 0.1) is 23.7 Å². The maximum absolute atomic E-state index is 12.4. The van der Waals surface area contributed by atoms with Crippen LogP contribution in [0.4, 0.5) is 0 Å². The Morgan fingerprint density at radius 1 is 0.900 bits per heavy atom. The van der Waals surface area contributed by atoms with Gasteiger partial charge in [0, 0.05) is 23.7 Å². The second-order valence-electron chi connectivity index (χ2n) is 7.35. The zero-order valence-corrected chi connectivity index (χ0v) is 16.3. The fraction of sp³-hybridized carbons (Fsp3) is 0.160. The highest BCUT2D eigenvalue weighted by Crippen LogP contribution is 2.39. The van der Waals surface area contributed by atoms with E-state index in [0.29, 0.717) is 13.2 Å². The number of ether oxygens (including phenoxy) is 2. The molecule has 148 valence electrons. The van der Waals surface area contributed by atoms with Crippen molar-refractivity contribution in [2.24, 2.45) is 0 Å². The quantitative estimate of drug-likeness (QED) is 0.460. The normalized spacial score (nSPS) is 18.3. The first-order valence-corrected chi connectivity index (χ1v) is 9.92. The van der Waals surface area contributed by atoms with E-state index in [-0.39, 0.29) is 17.8 Å². The molecular weight excluding hydrogens is 376 g/mol. The number of fused-ring (bicyclic) bond motifs is 1. The molecule has 5 rings (SSSR count). The molecule has 4 aromatic rings. The van der Waals surface area contributed by atoms with Crippen LogP contribution in [-0.2, 0) is 16.1 Å². The molecule has 1 saturated heterocycles. The first kappa shape index (κ1) is 18.3. The molecule has 1 aliphatic heterocycles. The van der Waals surface area contributed by atoms with Crippen LogP contribution in [0.15, 0.2) is 85.2 Å². The molecule has 0 aliphatic carbocycles. The smallest absolute Gasteiger partial charge is 0.314 e. The Hall–Kier alpha value is -3.73. The van der Waals surface area contributed by atoms with Crippen LogP contribution in [0, 0.1) is 0 Å². The van der Waals surface area contributed by atoms with E-state index >= 15 is 0 Å². The van der Waals surface area contributed by atoms with Gasteiger partial charge in [-0.15, -0.1) is 0 Å². The Kier molecular flexibility index (Phi) is 4.85. The number of carbonyl (C=O) groups excluding carboxylic acids is 1. The lowest BCUT2D eigenvalue weighted by Crippen LogP contribution is -2.12. The van der Waals surface area contributed by atoms with Crippen LogP contribution in [-0.4, -0.2) is 22.5 Å². The number of cyclic esters (lactones) is 1. The number of aromatic nitrogens is 2. The second-order valence-corrected chi connectivity index (χ2v) is 7.35. The molecule has 0 spiro atoms. The highest BCUT2D eigenvalue weighted by molar-refractivity contribution is 5.82. The van der Waals surface area contributed by atoms with Crippen molar-refractivity contribution in [3.63, 3.8) is 0 Å². The maximum atomic E-state index is 12.4. The van der Waals surface area contributed by atoms with Crippen molar-refractivity contribution in [2.75, 3.05) is 6.61 Å². The van der Waals surface area contributed by atoms with Crippen LogP contribution in [0.3, 0.4) is 0 Å². The number of pyridine rings is 2. The van der Waals surface area contributed by atoms with Crippen LogP contribution in [0.1, 0.15) is 28.7 Å². The van der Waals surface area contributed by atoms with Gasteiger partial charge in [0.25, 0.3) is 0 Å². The molecular formula is C25H20N2O3. The lowest BCUT2D eigenvalue weighted by molar-refractivity contribution is -0.139. The van der Waals surface area contributed by atoms with Crippen LogP contribution >= 0.6 is 0 Å². The third kappa shape index (κ3) is 3.62. The average molecular weight is 396 g/mol. The minimum Gasteiger partial charge on any atom is -0.487 e. The lowest BCUT2D eigenvalue weighted by atomic mass is 9.84. The fourth-order valence-corrected chi connectivity index (χ4v) is 3.91. The van der Waals surface area contributed by atoms with Gasteiger partial charge in [0.1, 0.15) is 12.4 Å². The molecule has 2 unspecified atom stereocenters. The van der Waals surface area contributed by atoms with Gasteiger partial charge in [-0.3, -0.25) is 9.78 Å². The number of carbonyl (C=O) groups is 1. The van der Waals surface area contributed by atoms with Crippen molar-refractivity contribution in [1.82, 2.24) is 9.97 Å². The van der Waals surface area contributed by atoms with Crippen molar-refractivity contribution in [3.8, 4) is 5.75 Å². The monoisotopic (exact) mass is 396 g/mol. The molecule has 5 heteroatoms. The molecule has 0 radical (unpaired) electrons. The van der Waals surface area contributed by atoms with Crippen molar-refractivity contribution in [1.29, 1.82) is 0 Å². The summed E-state index contributed by atoms with van der Waals surface area (Å²) < 4.78 is 11.3. The highest BCUT2D eigenvalue weighted by Gasteiger charge is 2.39. The number of para-hydroxylation sites is 1. The molecule has 3 heterocycles. The zero-order valence-electron chi connectivity index (χ0n) is 16.3. The van der Waals surface area contributed by atoms with Crippen molar-refractivity contribution in [2.45, 2.75) is 18.4 Å². The Morgan fingerprint density at radius 3 is 2.53 bits per heavy atom. The molecule has 2 aromatic carbocycles. The first-order valence-electron chi connectivity index (χ1n) is 9.92. The standard InChI is InChI=1S/C25H20N2O3/c28-25-24(22(16-30-25)17-11-13-26-14-12-17)19-6-9-21(10-7-19)29-15-20-8-5-18-3-1-2-4-23(18)27-20/h1-14,22,24H,15-16H2. The molecule has 5 nitrogen and oxygen atoms in total. The summed E-state index contributed by atoms with van der Waals surface area (Å²) in [5, 5.41) is 1.11. The molecule has 0 saturated carbocycles. The topological polar surface area (TPSA) is 61.3 Å². The summed E-state index contributed by atoms with van der Waals surface area (Å²) in [6.45, 7) is 0.773. The lowest BCUT2D eigenvalue weighted by Gasteiger charge is -2.16. The van der Waals surface area contributed by atoms with E-state index in [1.807, 2.05) is 66.7 Å². The summed E-state index contributed by atoms with van der Waals surface area (Å²) in [6.07, 6.45) is 3.49. The van der Waals surface area contributed by atoms with Gasteiger partial charge in [-0.1, -0.05) is 36.4 Å². The number of hydrogen-bond acceptors (Lipinski definition) is 5. The zero-order chi connectivity index (χ0) is 20.3. The molecule has 2 atom stereocenters. The number of hydrogen-bond donors (Lipinski definition) is 0. The van der Waals surface area contributed by atoms with Crippen LogP contribution < -0.4 is 4.74 Å². The summed E-state index contributed by atoms with van der Waals surface area (Å²) in [7, 11) is 0. The van der Waals surface area contributed by atoms with Crippen molar-refractivity contribution in [3.05, 3.63) is 102 Å². The number of benzene rings is 2. The van der Waals surface area contributed by atoms with Gasteiger partial charge in [-0.25, -0.2) is 4.98 Å². The van der Waals surface area contributed by atoms with Crippen LogP contribution in [0.25, 0.3) is 10.9 Å². The van der Waals surface area contributed by atoms with Crippen molar-refractivity contribution < 1.29 is 14.3 Å². The Labute approximate surface area is 174 Å². The van der Waals surface area contributed by atoms with Crippen LogP contribution in [0.2, 0.25) is 0 Å². The fourth-order valence-electron chi connectivity index (χ4n) is 3.91. The summed E-state index contributed by atoms with van der Waals surface area (Å²) in [5.41, 5.74) is 3.81. The number of rotatable bonds is 5. The van der Waals surface area contributed by atoms with E-state index in [1.165, 1.54) is 0 Å². The van der Waals surface area contributed by atoms with Gasteiger partial charge in [0.15, 0.2) is 0 Å². The number of esters is 1. The molecule has 1 aliphatic rings. The van der Waals surface area contributed by atoms with E-state index in [0.717, 1.165) is 33.5 Å². The van der Waals surface area contributed by atoms with Crippen LogP contribution in [0.5, 0.6) is 5.75 Å². The Bertz CT molecular complexity index is 1180. The second kappa shape index (κ2) is 7.95. The summed E-state index contributed by atoms with van der Waals surface area (Å²) in [4.78, 5) is 21.1. The van der Waals surface area contributed by atoms with Gasteiger partial charge in [-0.2, -0.15) is 0 Å². The Balaban J connectivity index is 1.30. The Morgan fingerprint density at radius 2 is 1.70 bits per heavy atom. The van der Waals surface area contributed by atoms with E-state index in [2.05, 4.69) is 16.0 Å². The minimum absolute atomic E-state index is 0.00549. The predicted molar refractivity (Wildman–Crippen MR) is 113 cm³/mol. The van der Waals surface area contributed by atoms with Gasteiger partial charge >= 0.3 is 5.97 Å². The van der Waals surface area contributed by atoms with Gasteiger partial charge < -0.3 is 9.47 Å². The average Bonchev–Trinajstić information content (AvgIpc) is 3.20. The third-order valence-corrected chi connectivity index (χ3v) is 5.48. The summed E-state index contributed by atoms with van der Waals surface area (Å²) in [6, 6.07) is 23.6. The molecule has 0 bridgehead atoms. The predicted octanol–water partition coefficient (Wildman–Crippen LogP) is 4.63. The largest absolute Gasteiger partial charge is 0.487 e. The van der Waals surface area contributed by atoms with E-state index in [4.69, 9.17) is 9.47 Å². The van der Waals surface area contributed by atoms with E-state index in [9.17, 15) is 4.79 Å². The SMILES string of the molecule is O=C1OCC(c2ccncc2)C1c1ccc(OCc2ccc3ccccc3n2)cc1. The van der Waals surface area contributed by atoms with Crippen molar-refractivity contribution >= 4 is 16.9 Å². The minimum atomic E-state index is -0.316. The van der Waals surface area contributed by atoms with Gasteiger partial charge in [0.2, 0.25) is 0 Å². The number of nitrogens with zero attached hydrogens (tertiary/aromatic N) is 2. The van der Waals surface area contributed by atoms with Gasteiger partial charge in [-0.05, 0) is 47.5 Å². The first-order chi connectivity index (χ1) is 14.8. The summed E-state index contributed by atoms with van der Waals surface area (Å²) >= 11 is 0.